The first-order valence-corrected chi connectivity index (χ1v) is 9.83. The zero-order chi connectivity index (χ0) is 20.1. The number of phenols is 1. The summed E-state index contributed by atoms with van der Waals surface area (Å²) < 4.78 is 6.46. The van der Waals surface area contributed by atoms with Gasteiger partial charge in [0.25, 0.3) is 0 Å². The van der Waals surface area contributed by atoms with Gasteiger partial charge in [-0.1, -0.05) is 59.3 Å². The Labute approximate surface area is 172 Å². The van der Waals surface area contributed by atoms with Gasteiger partial charge >= 0.3 is 6.09 Å². The fourth-order valence-electron chi connectivity index (χ4n) is 3.18. The van der Waals surface area contributed by atoms with Crippen LogP contribution in [0.3, 0.4) is 0 Å². The van der Waals surface area contributed by atoms with Gasteiger partial charge in [-0.3, -0.25) is 5.32 Å². The number of fused-ring (bicyclic) bond motifs is 1. The van der Waals surface area contributed by atoms with Crippen LogP contribution < -0.4 is 5.32 Å². The van der Waals surface area contributed by atoms with E-state index < -0.39 is 12.2 Å². The van der Waals surface area contributed by atoms with E-state index in [1.165, 1.54) is 0 Å². The van der Waals surface area contributed by atoms with Crippen LogP contribution in [-0.4, -0.2) is 22.9 Å². The van der Waals surface area contributed by atoms with Crippen LogP contribution in [0.15, 0.2) is 65.1 Å². The molecule has 0 saturated carbocycles. The smallest absolute Gasteiger partial charge is 0.412 e. The number of aliphatic hydroxyl groups excluding tert-OH is 1. The summed E-state index contributed by atoms with van der Waals surface area (Å²) in [6.07, 6.45) is -0.900. The molecule has 0 bridgehead atoms. The molecule has 0 saturated heterocycles. The molecule has 2 atom stereocenters. The molecule has 0 radical (unpaired) electrons. The number of benzene rings is 3. The van der Waals surface area contributed by atoms with E-state index in [-0.39, 0.29) is 18.3 Å². The van der Waals surface area contributed by atoms with Crippen molar-refractivity contribution in [2.75, 3.05) is 11.9 Å². The van der Waals surface area contributed by atoms with Crippen LogP contribution in [-0.2, 0) is 4.74 Å². The number of aromatic hydroxyl groups is 1. The number of amides is 1. The molecule has 28 heavy (non-hydrogen) atoms. The molecule has 0 aliphatic carbocycles. The van der Waals surface area contributed by atoms with Crippen molar-refractivity contribution >= 4 is 38.5 Å². The van der Waals surface area contributed by atoms with E-state index in [0.717, 1.165) is 15.2 Å². The van der Waals surface area contributed by atoms with Crippen molar-refractivity contribution in [1.29, 1.82) is 0 Å². The van der Waals surface area contributed by atoms with Crippen LogP contribution in [0.4, 0.5) is 10.5 Å². The molecular weight excluding hydrogens is 422 g/mol. The number of rotatable bonds is 6. The van der Waals surface area contributed by atoms with E-state index in [1.807, 2.05) is 49.4 Å². The second-order valence-corrected chi connectivity index (χ2v) is 7.59. The van der Waals surface area contributed by atoms with Crippen molar-refractivity contribution in [3.63, 3.8) is 0 Å². The van der Waals surface area contributed by atoms with Crippen LogP contribution in [0.5, 0.6) is 5.75 Å². The number of hydrogen-bond donors (Lipinski definition) is 3. The minimum Gasteiger partial charge on any atom is -0.508 e. The predicted octanol–water partition coefficient (Wildman–Crippen LogP) is 5.62. The van der Waals surface area contributed by atoms with Crippen molar-refractivity contribution in [2.45, 2.75) is 19.4 Å². The SMILES string of the molecule is C[C@@H](CCO)[C@H](OC(=O)Nc1cccc2ccccc12)c1cc(Br)ccc1O. The molecular formula is C22H22BrNO4. The van der Waals surface area contributed by atoms with E-state index in [9.17, 15) is 15.0 Å². The monoisotopic (exact) mass is 443 g/mol. The van der Waals surface area contributed by atoms with Gasteiger partial charge in [-0.2, -0.15) is 0 Å². The normalized spacial score (nSPS) is 13.1. The van der Waals surface area contributed by atoms with Gasteiger partial charge in [-0.15, -0.1) is 0 Å². The maximum atomic E-state index is 12.7. The Bertz CT molecular complexity index is 970. The number of phenolic OH excluding ortho intramolecular Hbond substituents is 1. The van der Waals surface area contributed by atoms with Crippen LogP contribution in [0.2, 0.25) is 0 Å². The van der Waals surface area contributed by atoms with Crippen molar-refractivity contribution < 1.29 is 19.7 Å². The molecule has 6 heteroatoms. The van der Waals surface area contributed by atoms with Crippen LogP contribution in [0, 0.1) is 5.92 Å². The van der Waals surface area contributed by atoms with E-state index in [1.54, 1.807) is 18.2 Å². The molecule has 5 nitrogen and oxygen atoms in total. The summed E-state index contributed by atoms with van der Waals surface area (Å²) in [6.45, 7) is 1.83. The molecule has 146 valence electrons. The third kappa shape index (κ3) is 4.64. The summed E-state index contributed by atoms with van der Waals surface area (Å²) in [4.78, 5) is 12.7. The summed E-state index contributed by atoms with van der Waals surface area (Å²) >= 11 is 3.38. The third-order valence-electron chi connectivity index (χ3n) is 4.66. The summed E-state index contributed by atoms with van der Waals surface area (Å²) in [5, 5.41) is 24.3. The van der Waals surface area contributed by atoms with Gasteiger partial charge in [0.2, 0.25) is 0 Å². The number of carbonyl (C=O) groups is 1. The Morgan fingerprint density at radius 1 is 1.14 bits per heavy atom. The van der Waals surface area contributed by atoms with Gasteiger partial charge in [0.1, 0.15) is 11.9 Å². The van der Waals surface area contributed by atoms with Crippen molar-refractivity contribution in [2.24, 2.45) is 5.92 Å². The molecule has 1 amide bonds. The number of carbonyl (C=O) groups excluding carboxylic acids is 1. The Morgan fingerprint density at radius 2 is 1.89 bits per heavy atom. The van der Waals surface area contributed by atoms with Gasteiger partial charge in [-0.05, 0) is 42.0 Å². The molecule has 3 aromatic rings. The lowest BCUT2D eigenvalue weighted by Gasteiger charge is -2.25. The highest BCUT2D eigenvalue weighted by Crippen LogP contribution is 2.36. The molecule has 0 heterocycles. The van der Waals surface area contributed by atoms with Crippen LogP contribution in [0.1, 0.15) is 25.0 Å². The number of anilines is 1. The first-order chi connectivity index (χ1) is 13.5. The first-order valence-electron chi connectivity index (χ1n) is 9.04. The summed E-state index contributed by atoms with van der Waals surface area (Å²) in [5.41, 5.74) is 1.14. The number of nitrogens with one attached hydrogen (secondary N) is 1. The van der Waals surface area contributed by atoms with Crippen LogP contribution in [0.25, 0.3) is 10.8 Å². The first kappa shape index (κ1) is 20.2. The average Bonchev–Trinajstić information content (AvgIpc) is 2.68. The zero-order valence-corrected chi connectivity index (χ0v) is 17.0. The number of aliphatic hydroxyl groups is 1. The fraction of sp³-hybridized carbons (Fsp3) is 0.227. The molecule has 3 rings (SSSR count). The molecule has 0 fully saturated rings. The quantitative estimate of drug-likeness (QED) is 0.462. The van der Waals surface area contributed by atoms with Gasteiger partial charge in [-0.25, -0.2) is 4.79 Å². The second-order valence-electron chi connectivity index (χ2n) is 6.67. The minimum absolute atomic E-state index is 0.0379. The summed E-state index contributed by atoms with van der Waals surface area (Å²) in [6, 6.07) is 18.4. The summed E-state index contributed by atoms with van der Waals surface area (Å²) in [7, 11) is 0. The Kier molecular flexibility index (Phi) is 6.54. The highest BCUT2D eigenvalue weighted by molar-refractivity contribution is 9.10. The van der Waals surface area contributed by atoms with Crippen LogP contribution >= 0.6 is 15.9 Å². The maximum Gasteiger partial charge on any atom is 0.412 e. The molecule has 0 aliphatic rings. The Morgan fingerprint density at radius 3 is 2.68 bits per heavy atom. The second kappa shape index (κ2) is 9.08. The van der Waals surface area contributed by atoms with Crippen molar-refractivity contribution in [3.8, 4) is 5.75 Å². The standard InChI is InChI=1S/C22H22BrNO4/c1-14(11-12-25)21(18-13-16(23)9-10-20(18)26)28-22(27)24-19-8-4-6-15-5-2-3-7-17(15)19/h2-10,13-14,21,25-26H,11-12H2,1H3,(H,24,27)/t14-,21-/m0/s1. The van der Waals surface area contributed by atoms with Crippen molar-refractivity contribution in [3.05, 3.63) is 70.7 Å². The van der Waals surface area contributed by atoms with Gasteiger partial charge in [0.05, 0.1) is 5.69 Å². The van der Waals surface area contributed by atoms with Gasteiger partial charge in [0.15, 0.2) is 0 Å². The third-order valence-corrected chi connectivity index (χ3v) is 5.15. The molecule has 0 aromatic heterocycles. The van der Waals surface area contributed by atoms with E-state index in [2.05, 4.69) is 21.2 Å². The maximum absolute atomic E-state index is 12.7. The van der Waals surface area contributed by atoms with Gasteiger partial charge < -0.3 is 14.9 Å². The molecule has 0 unspecified atom stereocenters. The lowest BCUT2D eigenvalue weighted by atomic mass is 9.94. The van der Waals surface area contributed by atoms with E-state index in [4.69, 9.17) is 4.74 Å². The lowest BCUT2D eigenvalue weighted by Crippen LogP contribution is -2.22. The number of halogens is 1. The lowest BCUT2D eigenvalue weighted by molar-refractivity contribution is 0.0652. The minimum atomic E-state index is -0.709. The Balaban J connectivity index is 1.85. The average molecular weight is 444 g/mol. The zero-order valence-electron chi connectivity index (χ0n) is 15.4. The predicted molar refractivity (Wildman–Crippen MR) is 113 cm³/mol. The van der Waals surface area contributed by atoms with E-state index >= 15 is 0 Å². The topological polar surface area (TPSA) is 78.8 Å². The molecule has 0 spiro atoms. The van der Waals surface area contributed by atoms with Crippen molar-refractivity contribution in [1.82, 2.24) is 0 Å². The molecule has 0 aliphatic heterocycles. The highest BCUT2D eigenvalue weighted by Gasteiger charge is 2.26. The number of hydrogen-bond acceptors (Lipinski definition) is 4. The van der Waals surface area contributed by atoms with Gasteiger partial charge in [0, 0.05) is 22.0 Å². The number of ether oxygens (including phenoxy) is 1. The van der Waals surface area contributed by atoms with E-state index in [0.29, 0.717) is 17.7 Å². The largest absolute Gasteiger partial charge is 0.508 e. The highest BCUT2D eigenvalue weighted by atomic mass is 79.9. The molecule has 3 aromatic carbocycles. The summed E-state index contributed by atoms with van der Waals surface area (Å²) in [5.74, 6) is -0.153. The Hall–Kier alpha value is -2.57. The fourth-order valence-corrected chi connectivity index (χ4v) is 3.56. The molecule has 3 N–H and O–H groups in total.